The molecule has 0 aromatic carbocycles. The molecule has 1 aromatic heterocycles. The Labute approximate surface area is 114 Å². The standard InChI is InChI=1S/C14H24N2OS/c1-10-12(18-11(2)16-10)8-15-9-14(3)7-5-4-6-13(14)17/h13,15,17H,4-9H2,1-3H3. The molecular formula is C14H24N2OS. The maximum absolute atomic E-state index is 10.1. The smallest absolute Gasteiger partial charge is 0.0900 e. The molecule has 4 heteroatoms. The summed E-state index contributed by atoms with van der Waals surface area (Å²) < 4.78 is 0. The lowest BCUT2D eigenvalue weighted by molar-refractivity contribution is 0.00118. The van der Waals surface area contributed by atoms with Gasteiger partial charge in [0.2, 0.25) is 0 Å². The van der Waals surface area contributed by atoms with E-state index in [2.05, 4.69) is 24.1 Å². The number of aliphatic hydroxyl groups is 1. The summed E-state index contributed by atoms with van der Waals surface area (Å²) in [5.74, 6) is 0. The van der Waals surface area contributed by atoms with Crippen LogP contribution in [0, 0.1) is 19.3 Å². The fourth-order valence-corrected chi connectivity index (χ4v) is 3.69. The van der Waals surface area contributed by atoms with E-state index in [4.69, 9.17) is 0 Å². The number of hydrogen-bond donors (Lipinski definition) is 2. The predicted molar refractivity (Wildman–Crippen MR) is 75.9 cm³/mol. The Bertz CT molecular complexity index is 404. The van der Waals surface area contributed by atoms with Crippen LogP contribution >= 0.6 is 11.3 Å². The molecule has 1 aliphatic rings. The van der Waals surface area contributed by atoms with Crippen molar-refractivity contribution in [2.45, 2.75) is 59.1 Å². The molecule has 18 heavy (non-hydrogen) atoms. The molecule has 1 aromatic rings. The summed E-state index contributed by atoms with van der Waals surface area (Å²) >= 11 is 1.76. The van der Waals surface area contributed by atoms with Crippen molar-refractivity contribution in [3.8, 4) is 0 Å². The van der Waals surface area contributed by atoms with E-state index >= 15 is 0 Å². The maximum atomic E-state index is 10.1. The van der Waals surface area contributed by atoms with E-state index in [1.807, 2.05) is 6.92 Å². The molecule has 1 fully saturated rings. The largest absolute Gasteiger partial charge is 0.393 e. The summed E-state index contributed by atoms with van der Waals surface area (Å²) in [5, 5.41) is 14.8. The number of nitrogens with zero attached hydrogens (tertiary/aromatic N) is 1. The SMILES string of the molecule is Cc1nc(C)c(CNCC2(C)CCCCC2O)s1. The highest BCUT2D eigenvalue weighted by Gasteiger charge is 2.34. The average Bonchev–Trinajstić information content (AvgIpc) is 2.62. The molecule has 0 saturated heterocycles. The van der Waals surface area contributed by atoms with E-state index in [-0.39, 0.29) is 11.5 Å². The second kappa shape index (κ2) is 5.68. The van der Waals surface area contributed by atoms with Crippen LogP contribution in [0.25, 0.3) is 0 Å². The Balaban J connectivity index is 1.86. The van der Waals surface area contributed by atoms with Crippen LogP contribution in [0.3, 0.4) is 0 Å². The minimum Gasteiger partial charge on any atom is -0.393 e. The Hall–Kier alpha value is -0.450. The molecule has 2 unspecified atom stereocenters. The summed E-state index contributed by atoms with van der Waals surface area (Å²) in [6.45, 7) is 8.09. The highest BCUT2D eigenvalue weighted by atomic mass is 32.1. The van der Waals surface area contributed by atoms with Crippen LogP contribution in [0.4, 0.5) is 0 Å². The molecular weight excluding hydrogens is 244 g/mol. The lowest BCUT2D eigenvalue weighted by Crippen LogP contribution is -2.43. The van der Waals surface area contributed by atoms with Gasteiger partial charge in [-0.1, -0.05) is 19.8 Å². The molecule has 1 saturated carbocycles. The number of aromatic nitrogens is 1. The molecule has 1 heterocycles. The van der Waals surface area contributed by atoms with Gasteiger partial charge >= 0.3 is 0 Å². The Kier molecular flexibility index (Phi) is 4.41. The summed E-state index contributed by atoms with van der Waals surface area (Å²) in [7, 11) is 0. The van der Waals surface area contributed by atoms with Crippen molar-refractivity contribution in [1.82, 2.24) is 10.3 Å². The molecule has 102 valence electrons. The van der Waals surface area contributed by atoms with Gasteiger partial charge in [-0.25, -0.2) is 4.98 Å². The van der Waals surface area contributed by atoms with E-state index < -0.39 is 0 Å². The second-order valence-corrected chi connectivity index (χ2v) is 7.05. The lowest BCUT2D eigenvalue weighted by atomic mass is 9.73. The van der Waals surface area contributed by atoms with Gasteiger partial charge in [0, 0.05) is 23.4 Å². The van der Waals surface area contributed by atoms with Gasteiger partial charge in [0.15, 0.2) is 0 Å². The maximum Gasteiger partial charge on any atom is 0.0900 e. The zero-order valence-electron chi connectivity index (χ0n) is 11.6. The number of aryl methyl sites for hydroxylation is 2. The van der Waals surface area contributed by atoms with Gasteiger partial charge in [0.25, 0.3) is 0 Å². The summed E-state index contributed by atoms with van der Waals surface area (Å²) in [6.07, 6.45) is 4.35. The monoisotopic (exact) mass is 268 g/mol. The van der Waals surface area contributed by atoms with E-state index in [9.17, 15) is 5.11 Å². The Morgan fingerprint density at radius 3 is 2.83 bits per heavy atom. The molecule has 2 rings (SSSR count). The minimum absolute atomic E-state index is 0.0475. The van der Waals surface area contributed by atoms with Crippen LogP contribution in [0.15, 0.2) is 0 Å². The minimum atomic E-state index is -0.150. The third-order valence-electron chi connectivity index (χ3n) is 4.09. The van der Waals surface area contributed by atoms with Gasteiger partial charge in [-0.2, -0.15) is 0 Å². The highest BCUT2D eigenvalue weighted by Crippen LogP contribution is 2.35. The Morgan fingerprint density at radius 1 is 1.44 bits per heavy atom. The molecule has 0 bridgehead atoms. The number of rotatable bonds is 4. The summed E-state index contributed by atoms with van der Waals surface area (Å²) in [4.78, 5) is 5.76. The first-order valence-electron chi connectivity index (χ1n) is 6.83. The van der Waals surface area contributed by atoms with Gasteiger partial charge in [-0.05, 0) is 26.7 Å². The molecule has 0 spiro atoms. The first-order valence-corrected chi connectivity index (χ1v) is 7.64. The van der Waals surface area contributed by atoms with Crippen LogP contribution in [0.1, 0.15) is 48.2 Å². The van der Waals surface area contributed by atoms with E-state index in [0.717, 1.165) is 36.6 Å². The van der Waals surface area contributed by atoms with E-state index in [0.29, 0.717) is 0 Å². The van der Waals surface area contributed by atoms with Gasteiger partial charge in [-0.3, -0.25) is 0 Å². The average molecular weight is 268 g/mol. The third-order valence-corrected chi connectivity index (χ3v) is 5.17. The number of hydrogen-bond acceptors (Lipinski definition) is 4. The molecule has 0 amide bonds. The summed E-state index contributed by atoms with van der Waals surface area (Å²) in [6, 6.07) is 0. The highest BCUT2D eigenvalue weighted by molar-refractivity contribution is 7.11. The Morgan fingerprint density at radius 2 is 2.22 bits per heavy atom. The normalized spacial score (nSPS) is 28.6. The second-order valence-electron chi connectivity index (χ2n) is 5.76. The first-order chi connectivity index (χ1) is 8.51. The van der Waals surface area contributed by atoms with Crippen LogP contribution < -0.4 is 5.32 Å². The third kappa shape index (κ3) is 3.11. The van der Waals surface area contributed by atoms with Crippen molar-refractivity contribution in [3.05, 3.63) is 15.6 Å². The molecule has 1 aliphatic carbocycles. The van der Waals surface area contributed by atoms with Crippen molar-refractivity contribution >= 4 is 11.3 Å². The molecule has 3 nitrogen and oxygen atoms in total. The zero-order chi connectivity index (χ0) is 13.2. The number of thiazole rings is 1. The molecule has 2 N–H and O–H groups in total. The van der Waals surface area contributed by atoms with Crippen LogP contribution in [0.2, 0.25) is 0 Å². The fourth-order valence-electron chi connectivity index (χ4n) is 2.79. The van der Waals surface area contributed by atoms with Gasteiger partial charge in [-0.15, -0.1) is 11.3 Å². The van der Waals surface area contributed by atoms with Gasteiger partial charge in [0.1, 0.15) is 0 Å². The fraction of sp³-hybridized carbons (Fsp3) is 0.786. The summed E-state index contributed by atoms with van der Waals surface area (Å²) in [5.41, 5.74) is 1.19. The number of nitrogens with one attached hydrogen (secondary N) is 1. The van der Waals surface area contributed by atoms with Crippen molar-refractivity contribution in [3.63, 3.8) is 0 Å². The van der Waals surface area contributed by atoms with Crippen molar-refractivity contribution < 1.29 is 5.11 Å². The quantitative estimate of drug-likeness (QED) is 0.882. The molecule has 2 atom stereocenters. The van der Waals surface area contributed by atoms with Crippen LogP contribution in [-0.4, -0.2) is 22.7 Å². The molecule has 0 radical (unpaired) electrons. The first kappa shape index (κ1) is 14.0. The predicted octanol–water partition coefficient (Wildman–Crippen LogP) is 2.79. The van der Waals surface area contributed by atoms with Crippen molar-refractivity contribution in [1.29, 1.82) is 0 Å². The lowest BCUT2D eigenvalue weighted by Gasteiger charge is -2.38. The topological polar surface area (TPSA) is 45.2 Å². The number of aliphatic hydroxyl groups excluding tert-OH is 1. The van der Waals surface area contributed by atoms with Gasteiger partial charge < -0.3 is 10.4 Å². The van der Waals surface area contributed by atoms with E-state index in [1.165, 1.54) is 17.7 Å². The van der Waals surface area contributed by atoms with Crippen molar-refractivity contribution in [2.24, 2.45) is 5.41 Å². The zero-order valence-corrected chi connectivity index (χ0v) is 12.4. The molecule has 0 aliphatic heterocycles. The van der Waals surface area contributed by atoms with Gasteiger partial charge in [0.05, 0.1) is 16.8 Å². The van der Waals surface area contributed by atoms with E-state index in [1.54, 1.807) is 11.3 Å². The van der Waals surface area contributed by atoms with Crippen LogP contribution in [0.5, 0.6) is 0 Å². The van der Waals surface area contributed by atoms with Crippen LogP contribution in [-0.2, 0) is 6.54 Å². The van der Waals surface area contributed by atoms with Crippen molar-refractivity contribution in [2.75, 3.05) is 6.54 Å².